The lowest BCUT2D eigenvalue weighted by Crippen LogP contribution is -2.49. The number of carbonyl (C=O) groups is 1. The zero-order chi connectivity index (χ0) is 32.6. The third kappa shape index (κ3) is 9.29. The number of hydrogen-bond acceptors (Lipinski definition) is 9. The molecule has 0 aliphatic carbocycles. The summed E-state index contributed by atoms with van der Waals surface area (Å²) in [5, 5.41) is 15.4. The summed E-state index contributed by atoms with van der Waals surface area (Å²) in [5.74, 6) is 0.950. The SMILES string of the molecule is C[Si](C)(C)CCOCn1ncc(NCCOc2cccc(C(=O)N3CCN(c4ccc(C#N)cn4)CC3)c2)c(C(F)(F)F)c1=O. The summed E-state index contributed by atoms with van der Waals surface area (Å²) < 4.78 is 53.2. The molecule has 240 valence electrons. The van der Waals surface area contributed by atoms with Crippen LogP contribution in [0.25, 0.3) is 0 Å². The summed E-state index contributed by atoms with van der Waals surface area (Å²) in [6, 6.07) is 12.9. The number of anilines is 2. The van der Waals surface area contributed by atoms with Crippen molar-refractivity contribution < 1.29 is 27.4 Å². The van der Waals surface area contributed by atoms with E-state index in [1.54, 1.807) is 41.3 Å². The Labute approximate surface area is 260 Å². The standard InChI is InChI=1S/C30H36F3N7O4Si/c1-45(2,3)16-15-43-21-40-29(42)27(30(31,32)33)25(20-37-40)35-9-14-44-24-6-4-5-23(17-24)28(41)39-12-10-38(11-13-39)26-8-7-22(18-34)19-36-26/h4-8,17,19-20,35H,9-16,21H2,1-3H3. The van der Waals surface area contributed by atoms with Crippen LogP contribution in [-0.4, -0.2) is 79.6 Å². The minimum Gasteiger partial charge on any atom is -0.492 e. The molecular weight excluding hydrogens is 607 g/mol. The maximum atomic E-state index is 13.8. The number of hydrogen-bond donors (Lipinski definition) is 1. The third-order valence-electron chi connectivity index (χ3n) is 7.07. The number of nitrogens with one attached hydrogen (secondary N) is 1. The van der Waals surface area contributed by atoms with E-state index in [0.29, 0.717) is 54.3 Å². The molecule has 0 unspecified atom stereocenters. The molecule has 1 fully saturated rings. The number of alkyl halides is 3. The Morgan fingerprint density at radius 2 is 1.84 bits per heavy atom. The number of ether oxygens (including phenoxy) is 2. The van der Waals surface area contributed by atoms with Crippen LogP contribution in [0.15, 0.2) is 53.6 Å². The summed E-state index contributed by atoms with van der Waals surface area (Å²) in [4.78, 5) is 33.8. The topological polar surface area (TPSA) is 126 Å². The molecule has 2 aromatic heterocycles. The molecule has 1 amide bonds. The molecule has 1 saturated heterocycles. The number of benzene rings is 1. The van der Waals surface area contributed by atoms with Crippen LogP contribution in [0.2, 0.25) is 25.7 Å². The Morgan fingerprint density at radius 3 is 2.49 bits per heavy atom. The van der Waals surface area contributed by atoms with Gasteiger partial charge >= 0.3 is 6.18 Å². The van der Waals surface area contributed by atoms with E-state index in [1.807, 2.05) is 11.0 Å². The number of aromatic nitrogens is 3. The number of amides is 1. The molecule has 11 nitrogen and oxygen atoms in total. The molecule has 1 N–H and O–H groups in total. The van der Waals surface area contributed by atoms with Crippen LogP contribution in [0.1, 0.15) is 21.5 Å². The Bertz CT molecular complexity index is 1560. The van der Waals surface area contributed by atoms with Gasteiger partial charge in [-0.1, -0.05) is 25.7 Å². The highest BCUT2D eigenvalue weighted by Crippen LogP contribution is 2.31. The summed E-state index contributed by atoms with van der Waals surface area (Å²) in [6.07, 6.45) is -2.42. The van der Waals surface area contributed by atoms with Gasteiger partial charge in [0, 0.05) is 59.2 Å². The van der Waals surface area contributed by atoms with Gasteiger partial charge in [-0.15, -0.1) is 0 Å². The smallest absolute Gasteiger partial charge is 0.423 e. The number of nitriles is 1. The van der Waals surface area contributed by atoms with Crippen LogP contribution in [-0.2, 0) is 17.6 Å². The van der Waals surface area contributed by atoms with Gasteiger partial charge in [0.05, 0.1) is 17.4 Å². The predicted octanol–water partition coefficient (Wildman–Crippen LogP) is 4.29. The Balaban J connectivity index is 1.29. The van der Waals surface area contributed by atoms with Crippen LogP contribution >= 0.6 is 0 Å². The van der Waals surface area contributed by atoms with Crippen molar-refractivity contribution in [2.45, 2.75) is 38.6 Å². The van der Waals surface area contributed by atoms with Crippen LogP contribution in [0.3, 0.4) is 0 Å². The zero-order valence-electron chi connectivity index (χ0n) is 25.4. The van der Waals surface area contributed by atoms with Crippen molar-refractivity contribution in [3.05, 3.63) is 75.8 Å². The molecule has 0 spiro atoms. The fraction of sp³-hybridized carbons (Fsp3) is 0.433. The highest BCUT2D eigenvalue weighted by molar-refractivity contribution is 6.76. The molecule has 1 aliphatic rings. The lowest BCUT2D eigenvalue weighted by atomic mass is 10.1. The number of pyridine rings is 1. The number of piperazine rings is 1. The van der Waals surface area contributed by atoms with Gasteiger partial charge in [-0.05, 0) is 36.4 Å². The first-order valence-electron chi connectivity index (χ1n) is 14.5. The van der Waals surface area contributed by atoms with Crippen LogP contribution < -0.4 is 20.5 Å². The van der Waals surface area contributed by atoms with E-state index >= 15 is 0 Å². The zero-order valence-corrected chi connectivity index (χ0v) is 26.4. The van der Waals surface area contributed by atoms with Crippen LogP contribution in [0, 0.1) is 11.3 Å². The highest BCUT2D eigenvalue weighted by atomic mass is 28.3. The average Bonchev–Trinajstić information content (AvgIpc) is 3.01. The van der Waals surface area contributed by atoms with E-state index in [2.05, 4.69) is 35.0 Å². The first-order valence-corrected chi connectivity index (χ1v) is 18.2. The second-order valence-corrected chi connectivity index (χ2v) is 17.3. The third-order valence-corrected chi connectivity index (χ3v) is 8.78. The Kier molecular flexibility index (Phi) is 10.8. The average molecular weight is 644 g/mol. The summed E-state index contributed by atoms with van der Waals surface area (Å²) in [6.45, 7) is 8.44. The van der Waals surface area contributed by atoms with E-state index in [0.717, 1.165) is 18.1 Å². The lowest BCUT2D eigenvalue weighted by Gasteiger charge is -2.35. The van der Waals surface area contributed by atoms with Crippen molar-refractivity contribution >= 4 is 25.5 Å². The number of rotatable bonds is 12. The minimum absolute atomic E-state index is 0.0336. The maximum absolute atomic E-state index is 13.8. The summed E-state index contributed by atoms with van der Waals surface area (Å²) in [5.41, 5.74) is -2.19. The van der Waals surface area contributed by atoms with Crippen molar-refractivity contribution in [1.82, 2.24) is 19.7 Å². The molecule has 3 heterocycles. The largest absolute Gasteiger partial charge is 0.492 e. The second-order valence-electron chi connectivity index (χ2n) is 11.7. The van der Waals surface area contributed by atoms with Gasteiger partial charge in [-0.2, -0.15) is 23.5 Å². The summed E-state index contributed by atoms with van der Waals surface area (Å²) >= 11 is 0. The van der Waals surface area contributed by atoms with E-state index < -0.39 is 31.1 Å². The van der Waals surface area contributed by atoms with Crippen LogP contribution in [0.5, 0.6) is 5.75 Å². The van der Waals surface area contributed by atoms with Crippen molar-refractivity contribution in [2.24, 2.45) is 0 Å². The molecule has 45 heavy (non-hydrogen) atoms. The lowest BCUT2D eigenvalue weighted by molar-refractivity contribution is -0.138. The minimum atomic E-state index is -4.90. The second kappa shape index (κ2) is 14.6. The van der Waals surface area contributed by atoms with E-state index in [1.165, 1.54) is 6.20 Å². The van der Waals surface area contributed by atoms with Gasteiger partial charge in [0.15, 0.2) is 0 Å². The maximum Gasteiger partial charge on any atom is 0.423 e. The number of carbonyl (C=O) groups excluding carboxylic acids is 1. The monoisotopic (exact) mass is 643 g/mol. The molecule has 1 aromatic carbocycles. The molecule has 0 radical (unpaired) electrons. The quantitative estimate of drug-likeness (QED) is 0.227. The predicted molar refractivity (Wildman–Crippen MR) is 165 cm³/mol. The van der Waals surface area contributed by atoms with Crippen molar-refractivity contribution in [3.8, 4) is 11.8 Å². The van der Waals surface area contributed by atoms with Gasteiger partial charge in [0.25, 0.3) is 11.5 Å². The van der Waals surface area contributed by atoms with Gasteiger partial charge < -0.3 is 24.6 Å². The molecule has 3 aromatic rings. The fourth-order valence-electron chi connectivity index (χ4n) is 4.55. The van der Waals surface area contributed by atoms with E-state index in [-0.39, 0.29) is 25.8 Å². The molecule has 0 bridgehead atoms. The van der Waals surface area contributed by atoms with Crippen molar-refractivity contribution in [2.75, 3.05) is 56.2 Å². The molecule has 0 atom stereocenters. The first kappa shape index (κ1) is 33.5. The van der Waals surface area contributed by atoms with Crippen LogP contribution in [0.4, 0.5) is 24.7 Å². The van der Waals surface area contributed by atoms with Gasteiger partial charge in [0.2, 0.25) is 0 Å². The number of nitrogens with zero attached hydrogens (tertiary/aromatic N) is 6. The van der Waals surface area contributed by atoms with Gasteiger partial charge in [0.1, 0.15) is 36.5 Å². The molecule has 1 aliphatic heterocycles. The van der Waals surface area contributed by atoms with Crippen molar-refractivity contribution in [3.63, 3.8) is 0 Å². The highest BCUT2D eigenvalue weighted by Gasteiger charge is 2.38. The Morgan fingerprint density at radius 1 is 1.09 bits per heavy atom. The fourth-order valence-corrected chi connectivity index (χ4v) is 5.31. The normalized spacial score (nSPS) is 13.8. The molecule has 15 heteroatoms. The van der Waals surface area contributed by atoms with Gasteiger partial charge in [-0.3, -0.25) is 9.59 Å². The summed E-state index contributed by atoms with van der Waals surface area (Å²) in [7, 11) is -1.40. The first-order chi connectivity index (χ1) is 21.4. The number of halogens is 3. The molecule has 0 saturated carbocycles. The van der Waals surface area contributed by atoms with Crippen molar-refractivity contribution in [1.29, 1.82) is 5.26 Å². The van der Waals surface area contributed by atoms with E-state index in [4.69, 9.17) is 14.7 Å². The van der Waals surface area contributed by atoms with Gasteiger partial charge in [-0.25, -0.2) is 9.67 Å². The van der Waals surface area contributed by atoms with E-state index in [9.17, 15) is 22.8 Å². The molecule has 4 rings (SSSR count). The molecular formula is C30H36F3N7O4Si. The Hall–Kier alpha value is -4.42.